The number of alkyl halides is 3. The Morgan fingerprint density at radius 3 is 2.81 bits per heavy atom. The first-order valence-electron chi connectivity index (χ1n) is 7.64. The van der Waals surface area contributed by atoms with Gasteiger partial charge in [-0.1, -0.05) is 0 Å². The number of halogens is 5. The predicted molar refractivity (Wildman–Crippen MR) is 87.9 cm³/mol. The lowest BCUT2D eigenvalue weighted by molar-refractivity contribution is -0.274. The lowest BCUT2D eigenvalue weighted by Gasteiger charge is -2.33. The first-order valence-corrected chi connectivity index (χ1v) is 8.44. The Kier molecular flexibility index (Phi) is 5.29. The highest BCUT2D eigenvalue weighted by Gasteiger charge is 2.32. The fourth-order valence-corrected chi connectivity index (χ4v) is 3.31. The Hall–Kier alpha value is -2.00. The molecule has 3 rings (SSSR count). The van der Waals surface area contributed by atoms with Gasteiger partial charge in [-0.2, -0.15) is 0 Å². The molecule has 4 nitrogen and oxygen atoms in total. The van der Waals surface area contributed by atoms with Gasteiger partial charge in [0.25, 0.3) is 0 Å². The highest BCUT2D eigenvalue weighted by molar-refractivity contribution is 9.10. The van der Waals surface area contributed by atoms with E-state index < -0.39 is 24.0 Å². The Morgan fingerprint density at radius 1 is 1.35 bits per heavy atom. The largest absolute Gasteiger partial charge is 0.573 e. The van der Waals surface area contributed by atoms with Crippen LogP contribution < -0.4 is 4.74 Å². The van der Waals surface area contributed by atoms with Gasteiger partial charge in [0.2, 0.25) is 0 Å². The molecular formula is C17H13BrF4N2O2. The third kappa shape index (κ3) is 4.21. The molecule has 1 atom stereocenters. The second kappa shape index (κ2) is 7.32. The summed E-state index contributed by atoms with van der Waals surface area (Å²) in [6, 6.07) is 3.94. The number of carbonyl (C=O) groups is 1. The number of aromatic nitrogens is 1. The normalized spacial score (nSPS) is 17.7. The van der Waals surface area contributed by atoms with Crippen LogP contribution in [0.25, 0.3) is 0 Å². The van der Waals surface area contributed by atoms with E-state index >= 15 is 0 Å². The molecule has 1 unspecified atom stereocenters. The molecule has 0 saturated heterocycles. The molecule has 138 valence electrons. The van der Waals surface area contributed by atoms with Crippen LogP contribution in [0.5, 0.6) is 5.75 Å². The first kappa shape index (κ1) is 18.8. The Morgan fingerprint density at radius 2 is 2.12 bits per heavy atom. The van der Waals surface area contributed by atoms with E-state index in [1.165, 1.54) is 0 Å². The van der Waals surface area contributed by atoms with Gasteiger partial charge in [0.15, 0.2) is 0 Å². The number of benzene rings is 1. The molecule has 2 aromatic rings. The quantitative estimate of drug-likeness (QED) is 0.536. The van der Waals surface area contributed by atoms with Crippen molar-refractivity contribution in [3.05, 3.63) is 57.6 Å². The number of aldehydes is 1. The number of pyridine rings is 1. The maximum Gasteiger partial charge on any atom is 0.573 e. The van der Waals surface area contributed by atoms with E-state index in [0.29, 0.717) is 23.0 Å². The summed E-state index contributed by atoms with van der Waals surface area (Å²) >= 11 is 3.30. The van der Waals surface area contributed by atoms with Gasteiger partial charge in [-0.15, -0.1) is 13.2 Å². The number of carbonyl (C=O) groups excluding carboxylic acids is 1. The summed E-state index contributed by atoms with van der Waals surface area (Å²) in [7, 11) is 0. The molecule has 2 heterocycles. The molecule has 0 radical (unpaired) electrons. The average molecular weight is 433 g/mol. The molecule has 0 saturated carbocycles. The van der Waals surface area contributed by atoms with Gasteiger partial charge in [-0.3, -0.25) is 9.88 Å². The fourth-order valence-electron chi connectivity index (χ4n) is 2.96. The number of fused-ring (bicyclic) bond motifs is 1. The monoisotopic (exact) mass is 432 g/mol. The zero-order valence-corrected chi connectivity index (χ0v) is 14.8. The molecular weight excluding hydrogens is 420 g/mol. The van der Waals surface area contributed by atoms with Crippen LogP contribution in [0.4, 0.5) is 17.6 Å². The minimum Gasteiger partial charge on any atom is -0.406 e. The number of hydrogen-bond acceptors (Lipinski definition) is 4. The summed E-state index contributed by atoms with van der Waals surface area (Å²) in [6.07, 6.45) is -1.95. The van der Waals surface area contributed by atoms with Gasteiger partial charge in [-0.05, 0) is 45.8 Å². The van der Waals surface area contributed by atoms with Crippen molar-refractivity contribution in [2.24, 2.45) is 0 Å². The molecule has 0 fully saturated rings. The van der Waals surface area contributed by atoms with Crippen molar-refractivity contribution >= 4 is 22.2 Å². The number of rotatable bonds is 4. The van der Waals surface area contributed by atoms with Crippen molar-refractivity contribution in [2.45, 2.75) is 25.4 Å². The van der Waals surface area contributed by atoms with Gasteiger partial charge in [0, 0.05) is 41.4 Å². The molecule has 26 heavy (non-hydrogen) atoms. The van der Waals surface area contributed by atoms with Crippen LogP contribution in [0.1, 0.15) is 22.9 Å². The lowest BCUT2D eigenvalue weighted by Crippen LogP contribution is -2.36. The van der Waals surface area contributed by atoms with Gasteiger partial charge in [-0.25, -0.2) is 4.39 Å². The summed E-state index contributed by atoms with van der Waals surface area (Å²) < 4.78 is 55.7. The highest BCUT2D eigenvalue weighted by atomic mass is 79.9. The topological polar surface area (TPSA) is 42.4 Å². The van der Waals surface area contributed by atoms with Crippen molar-refractivity contribution < 1.29 is 27.1 Å². The molecule has 1 aliphatic rings. The maximum absolute atomic E-state index is 14.1. The summed E-state index contributed by atoms with van der Waals surface area (Å²) in [4.78, 5) is 17.6. The average Bonchev–Trinajstić information content (AvgIpc) is 2.56. The van der Waals surface area contributed by atoms with E-state index in [9.17, 15) is 22.4 Å². The van der Waals surface area contributed by atoms with Gasteiger partial charge in [0.1, 0.15) is 17.9 Å². The van der Waals surface area contributed by atoms with E-state index in [2.05, 4.69) is 25.7 Å². The number of nitrogens with zero attached hydrogens (tertiary/aromatic N) is 2. The summed E-state index contributed by atoms with van der Waals surface area (Å²) in [5.74, 6) is -1.17. The Bertz CT molecular complexity index is 829. The van der Waals surface area contributed by atoms with Crippen LogP contribution >= 0.6 is 15.9 Å². The minimum absolute atomic E-state index is 0.0185. The molecule has 0 aliphatic carbocycles. The van der Waals surface area contributed by atoms with Crippen LogP contribution in [0.2, 0.25) is 0 Å². The van der Waals surface area contributed by atoms with E-state index in [-0.39, 0.29) is 12.1 Å². The van der Waals surface area contributed by atoms with Crippen molar-refractivity contribution in [3.8, 4) is 5.75 Å². The van der Waals surface area contributed by atoms with E-state index in [0.717, 1.165) is 30.2 Å². The van der Waals surface area contributed by atoms with Crippen LogP contribution in [0.3, 0.4) is 0 Å². The van der Waals surface area contributed by atoms with Crippen molar-refractivity contribution in [3.63, 3.8) is 0 Å². The summed E-state index contributed by atoms with van der Waals surface area (Å²) in [5.41, 5.74) is 1.49. The molecule has 1 aromatic carbocycles. The zero-order chi connectivity index (χ0) is 18.9. The molecule has 0 amide bonds. The van der Waals surface area contributed by atoms with Gasteiger partial charge >= 0.3 is 6.36 Å². The molecule has 1 aromatic heterocycles. The molecule has 0 N–H and O–H groups in total. The third-order valence-electron chi connectivity index (χ3n) is 4.07. The Labute approximate surface area is 154 Å². The fraction of sp³-hybridized carbons (Fsp3) is 0.294. The third-order valence-corrected chi connectivity index (χ3v) is 4.50. The van der Waals surface area contributed by atoms with E-state index in [1.807, 2.05) is 0 Å². The van der Waals surface area contributed by atoms with Crippen LogP contribution in [-0.4, -0.2) is 29.1 Å². The second-order valence-electron chi connectivity index (χ2n) is 5.79. The maximum atomic E-state index is 14.1. The second-order valence-corrected chi connectivity index (χ2v) is 6.71. The van der Waals surface area contributed by atoms with Crippen LogP contribution in [-0.2, 0) is 17.8 Å². The number of ether oxygens (including phenoxy) is 1. The Balaban J connectivity index is 1.86. The first-order chi connectivity index (χ1) is 12.3. The predicted octanol–water partition coefficient (Wildman–Crippen LogP) is 4.18. The smallest absolute Gasteiger partial charge is 0.406 e. The van der Waals surface area contributed by atoms with Crippen molar-refractivity contribution in [1.29, 1.82) is 0 Å². The van der Waals surface area contributed by atoms with Crippen molar-refractivity contribution in [2.75, 3.05) is 6.54 Å². The van der Waals surface area contributed by atoms with Crippen molar-refractivity contribution in [1.82, 2.24) is 9.88 Å². The molecule has 0 spiro atoms. The van der Waals surface area contributed by atoms with Gasteiger partial charge < -0.3 is 9.53 Å². The van der Waals surface area contributed by atoms with E-state index in [1.54, 1.807) is 17.2 Å². The standard InChI is InChI=1S/C17H13BrF4N2O2/c18-11-6-13-15(23-7-11)3-4-24(16(13)9-25)8-10-5-12(1-2-14(10)19)26-17(20,21)22/h1-2,5-7,9,16H,3-4,8H2. The van der Waals surface area contributed by atoms with E-state index in [4.69, 9.17) is 0 Å². The summed E-state index contributed by atoms with van der Waals surface area (Å²) in [5, 5.41) is 0. The van der Waals surface area contributed by atoms with Crippen LogP contribution in [0.15, 0.2) is 34.9 Å². The highest BCUT2D eigenvalue weighted by Crippen LogP contribution is 2.32. The zero-order valence-electron chi connectivity index (χ0n) is 13.3. The van der Waals surface area contributed by atoms with Crippen LogP contribution in [0, 0.1) is 5.82 Å². The molecule has 1 aliphatic heterocycles. The molecule has 9 heteroatoms. The minimum atomic E-state index is -4.86. The summed E-state index contributed by atoms with van der Waals surface area (Å²) in [6.45, 7) is 0.394. The van der Waals surface area contributed by atoms with Gasteiger partial charge in [0.05, 0.1) is 6.04 Å². The SMILES string of the molecule is O=CC1c2cc(Br)cnc2CCN1Cc1cc(OC(F)(F)F)ccc1F. The molecule has 0 bridgehead atoms. The number of hydrogen-bond donors (Lipinski definition) is 0. The lowest BCUT2D eigenvalue weighted by atomic mass is 9.97.